The van der Waals surface area contributed by atoms with Gasteiger partial charge in [-0.1, -0.05) is 36.4 Å². The van der Waals surface area contributed by atoms with Crippen molar-refractivity contribution in [2.24, 2.45) is 0 Å². The second-order valence-corrected chi connectivity index (χ2v) is 6.63. The maximum Gasteiger partial charge on any atom is 0.329 e. The highest BCUT2D eigenvalue weighted by atomic mass is 79.9. The minimum absolute atomic E-state index is 0. The third-order valence-electron chi connectivity index (χ3n) is 5.09. The van der Waals surface area contributed by atoms with Crippen molar-refractivity contribution in [1.29, 1.82) is 0 Å². The Balaban J connectivity index is 0.00000210. The van der Waals surface area contributed by atoms with E-state index in [1.165, 1.54) is 4.90 Å². The van der Waals surface area contributed by atoms with Crippen molar-refractivity contribution < 1.29 is 14.7 Å². The van der Waals surface area contributed by atoms with Gasteiger partial charge in [-0.15, -0.1) is 17.0 Å². The van der Waals surface area contributed by atoms with E-state index in [2.05, 4.69) is 5.32 Å². The van der Waals surface area contributed by atoms with Gasteiger partial charge in [0.15, 0.2) is 0 Å². The predicted molar refractivity (Wildman–Crippen MR) is 109 cm³/mol. The van der Waals surface area contributed by atoms with Gasteiger partial charge in [-0.3, -0.25) is 4.90 Å². The van der Waals surface area contributed by atoms with Crippen LogP contribution in [0.25, 0.3) is 0 Å². The number of piperazine rings is 1. The molecule has 2 aromatic rings. The molecular formula is C20H22BrN3O3. The molecule has 2 heterocycles. The van der Waals surface area contributed by atoms with Crippen molar-refractivity contribution in [3.8, 4) is 0 Å². The highest BCUT2D eigenvalue weighted by Crippen LogP contribution is 2.37. The molecule has 0 saturated carbocycles. The van der Waals surface area contributed by atoms with E-state index < -0.39 is 12.0 Å². The predicted octanol–water partition coefficient (Wildman–Crippen LogP) is 2.98. The van der Waals surface area contributed by atoms with Crippen LogP contribution in [-0.4, -0.2) is 47.7 Å². The van der Waals surface area contributed by atoms with Crippen molar-refractivity contribution in [3.63, 3.8) is 0 Å². The van der Waals surface area contributed by atoms with Crippen LogP contribution in [0.15, 0.2) is 48.5 Å². The van der Waals surface area contributed by atoms with E-state index >= 15 is 0 Å². The first kappa shape index (κ1) is 19.4. The Hall–Kier alpha value is -2.38. The maximum atomic E-state index is 13.5. The summed E-state index contributed by atoms with van der Waals surface area (Å²) >= 11 is 0. The van der Waals surface area contributed by atoms with E-state index in [4.69, 9.17) is 0 Å². The second kappa shape index (κ2) is 8.10. The monoisotopic (exact) mass is 431 g/mol. The number of halogens is 1. The Kier molecular flexibility index (Phi) is 5.82. The highest BCUT2D eigenvalue weighted by Gasteiger charge is 2.37. The van der Waals surface area contributed by atoms with Crippen LogP contribution in [0.1, 0.15) is 11.1 Å². The lowest BCUT2D eigenvalue weighted by atomic mass is 10.0. The van der Waals surface area contributed by atoms with Gasteiger partial charge >= 0.3 is 12.0 Å². The van der Waals surface area contributed by atoms with Gasteiger partial charge in [0.05, 0.1) is 11.4 Å². The van der Waals surface area contributed by atoms with E-state index in [0.717, 1.165) is 35.3 Å². The molecule has 0 aromatic heterocycles. The van der Waals surface area contributed by atoms with Crippen molar-refractivity contribution in [3.05, 3.63) is 59.7 Å². The van der Waals surface area contributed by atoms with Crippen LogP contribution in [0.2, 0.25) is 0 Å². The number of aliphatic carboxylic acids is 1. The van der Waals surface area contributed by atoms with Gasteiger partial charge in [0.25, 0.3) is 0 Å². The number of nitrogens with one attached hydrogen (secondary N) is 1. The molecule has 1 saturated heterocycles. The number of fused-ring (bicyclic) bond motifs is 2. The Morgan fingerprint density at radius 1 is 0.963 bits per heavy atom. The van der Waals surface area contributed by atoms with Gasteiger partial charge in [0, 0.05) is 19.6 Å². The van der Waals surface area contributed by atoms with E-state index in [0.29, 0.717) is 13.1 Å². The number of rotatable bonds is 1. The SMILES string of the molecule is Br.O=C(O)[C@@H]1CNCCN1C(=O)N1c2ccccc2CCc2ccccc21. The zero-order valence-electron chi connectivity index (χ0n) is 14.8. The number of anilines is 2. The molecule has 6 nitrogen and oxygen atoms in total. The summed E-state index contributed by atoms with van der Waals surface area (Å²) in [6.07, 6.45) is 1.70. The molecule has 1 atom stereocenters. The maximum absolute atomic E-state index is 13.5. The first-order chi connectivity index (χ1) is 12.7. The number of hydrogen-bond donors (Lipinski definition) is 2. The number of hydrogen-bond acceptors (Lipinski definition) is 3. The number of aryl methyl sites for hydroxylation is 2. The minimum atomic E-state index is -0.984. The molecule has 2 amide bonds. The average molecular weight is 432 g/mol. The normalized spacial score (nSPS) is 18.6. The van der Waals surface area contributed by atoms with Crippen LogP contribution >= 0.6 is 17.0 Å². The number of carboxylic acids is 1. The van der Waals surface area contributed by atoms with Gasteiger partial charge in [-0.25, -0.2) is 9.59 Å². The van der Waals surface area contributed by atoms with Crippen LogP contribution in [0.4, 0.5) is 16.2 Å². The molecule has 0 spiro atoms. The lowest BCUT2D eigenvalue weighted by molar-refractivity contribution is -0.142. The highest BCUT2D eigenvalue weighted by molar-refractivity contribution is 8.93. The molecule has 2 aromatic carbocycles. The van der Waals surface area contributed by atoms with Crippen molar-refractivity contribution in [1.82, 2.24) is 10.2 Å². The third-order valence-corrected chi connectivity index (χ3v) is 5.09. The summed E-state index contributed by atoms with van der Waals surface area (Å²) in [5, 5.41) is 12.6. The molecule has 2 aliphatic rings. The smallest absolute Gasteiger partial charge is 0.329 e. The molecule has 2 aliphatic heterocycles. The summed E-state index contributed by atoms with van der Waals surface area (Å²) in [5.74, 6) is -0.984. The number of urea groups is 1. The van der Waals surface area contributed by atoms with Crippen LogP contribution in [0.3, 0.4) is 0 Å². The van der Waals surface area contributed by atoms with E-state index in [-0.39, 0.29) is 29.6 Å². The number of carbonyl (C=O) groups is 2. The van der Waals surface area contributed by atoms with Crippen LogP contribution in [0.5, 0.6) is 0 Å². The molecule has 0 bridgehead atoms. The quantitative estimate of drug-likeness (QED) is 0.727. The molecule has 142 valence electrons. The fraction of sp³-hybridized carbons (Fsp3) is 0.300. The number of para-hydroxylation sites is 2. The summed E-state index contributed by atoms with van der Waals surface area (Å²) in [6.45, 7) is 1.22. The Morgan fingerprint density at radius 2 is 1.52 bits per heavy atom. The van der Waals surface area contributed by atoms with Crippen molar-refractivity contribution >= 4 is 40.4 Å². The molecular weight excluding hydrogens is 410 g/mol. The summed E-state index contributed by atoms with van der Waals surface area (Å²) in [4.78, 5) is 28.3. The Bertz CT molecular complexity index is 810. The van der Waals surface area contributed by atoms with E-state index in [1.54, 1.807) is 4.90 Å². The molecule has 1 fully saturated rings. The number of benzene rings is 2. The number of amides is 2. The fourth-order valence-corrected chi connectivity index (χ4v) is 3.77. The van der Waals surface area contributed by atoms with Crippen molar-refractivity contribution in [2.75, 3.05) is 24.5 Å². The lowest BCUT2D eigenvalue weighted by Crippen LogP contribution is -2.59. The fourth-order valence-electron chi connectivity index (χ4n) is 3.77. The first-order valence-electron chi connectivity index (χ1n) is 8.87. The van der Waals surface area contributed by atoms with Crippen molar-refractivity contribution in [2.45, 2.75) is 18.9 Å². The Morgan fingerprint density at radius 3 is 2.07 bits per heavy atom. The van der Waals surface area contributed by atoms with Gasteiger partial charge < -0.3 is 15.3 Å². The summed E-state index contributed by atoms with van der Waals surface area (Å²) in [6, 6.07) is 14.6. The van der Waals surface area contributed by atoms with Gasteiger partial charge in [0.2, 0.25) is 0 Å². The largest absolute Gasteiger partial charge is 0.480 e. The summed E-state index contributed by atoms with van der Waals surface area (Å²) in [5.41, 5.74) is 3.87. The van der Waals surface area contributed by atoms with Gasteiger partial charge in [0.1, 0.15) is 6.04 Å². The third kappa shape index (κ3) is 3.57. The van der Waals surface area contributed by atoms with Crippen LogP contribution < -0.4 is 10.2 Å². The molecule has 7 heteroatoms. The summed E-state index contributed by atoms with van der Waals surface area (Å²) in [7, 11) is 0. The molecule has 4 rings (SSSR count). The molecule has 0 radical (unpaired) electrons. The Labute approximate surface area is 168 Å². The second-order valence-electron chi connectivity index (χ2n) is 6.63. The molecule has 0 aliphatic carbocycles. The molecule has 0 unspecified atom stereocenters. The zero-order chi connectivity index (χ0) is 18.1. The topological polar surface area (TPSA) is 72.9 Å². The minimum Gasteiger partial charge on any atom is -0.480 e. The number of carbonyl (C=O) groups excluding carboxylic acids is 1. The average Bonchev–Trinajstić information content (AvgIpc) is 2.84. The number of nitrogens with zero attached hydrogens (tertiary/aromatic N) is 2. The molecule has 27 heavy (non-hydrogen) atoms. The van der Waals surface area contributed by atoms with E-state index in [9.17, 15) is 14.7 Å². The van der Waals surface area contributed by atoms with Gasteiger partial charge in [-0.05, 0) is 36.1 Å². The summed E-state index contributed by atoms with van der Waals surface area (Å²) < 4.78 is 0. The zero-order valence-corrected chi connectivity index (χ0v) is 16.5. The number of carboxylic acid groups (broad SMARTS) is 1. The van der Waals surface area contributed by atoms with Gasteiger partial charge in [-0.2, -0.15) is 0 Å². The van der Waals surface area contributed by atoms with Crippen LogP contribution in [-0.2, 0) is 17.6 Å². The van der Waals surface area contributed by atoms with E-state index in [1.807, 2.05) is 48.5 Å². The van der Waals surface area contributed by atoms with Crippen LogP contribution in [0, 0.1) is 0 Å². The first-order valence-corrected chi connectivity index (χ1v) is 8.87. The standard InChI is InChI=1S/C20H21N3O3.BrH/c24-19(25)18-13-21-11-12-22(18)20(26)23-16-7-3-1-5-14(16)9-10-15-6-2-4-8-17(15)23;/h1-8,18,21H,9-13H2,(H,24,25);1H/t18-;/m0./s1. The lowest BCUT2D eigenvalue weighted by Gasteiger charge is -2.37. The molecule has 2 N–H and O–H groups in total.